The van der Waals surface area contributed by atoms with E-state index in [0.29, 0.717) is 5.82 Å². The Hall–Kier alpha value is -6.58. The van der Waals surface area contributed by atoms with Crippen LogP contribution in [0.2, 0.25) is 0 Å². The summed E-state index contributed by atoms with van der Waals surface area (Å²) in [6.45, 7) is 0. The number of hydrogen-bond acceptors (Lipinski definition) is 3. The van der Waals surface area contributed by atoms with Gasteiger partial charge in [0.25, 0.3) is 0 Å². The van der Waals surface area contributed by atoms with Gasteiger partial charge in [0.1, 0.15) is 11.5 Å². The lowest BCUT2D eigenvalue weighted by Crippen LogP contribution is -2.32. The second-order valence-corrected chi connectivity index (χ2v) is 12.9. The minimum Gasteiger partial charge on any atom is -0.457 e. The number of ether oxygens (including phenoxy) is 1. The summed E-state index contributed by atoms with van der Waals surface area (Å²) in [6, 6.07) is 64.1. The van der Waals surface area contributed by atoms with Gasteiger partial charge in [-0.15, -0.1) is 0 Å². The fourth-order valence-electron chi connectivity index (χ4n) is 8.07. The van der Waals surface area contributed by atoms with Crippen molar-refractivity contribution < 1.29 is 4.74 Å². The molecule has 0 atom stereocenters. The summed E-state index contributed by atoms with van der Waals surface area (Å²) in [4.78, 5) is 10.3. The van der Waals surface area contributed by atoms with Crippen LogP contribution < -0.4 is 4.74 Å². The average molecular weight is 639 g/mol. The highest BCUT2D eigenvalue weighted by Crippen LogP contribution is 2.63. The van der Waals surface area contributed by atoms with Crippen LogP contribution in [0.5, 0.6) is 11.5 Å². The first-order valence-electron chi connectivity index (χ1n) is 17.0. The van der Waals surface area contributed by atoms with Crippen molar-refractivity contribution in [2.45, 2.75) is 5.41 Å². The van der Waals surface area contributed by atoms with E-state index in [4.69, 9.17) is 14.7 Å². The maximum atomic E-state index is 6.78. The Labute approximate surface area is 291 Å². The van der Waals surface area contributed by atoms with Crippen LogP contribution in [0.4, 0.5) is 0 Å². The number of aromatic nitrogens is 2. The number of fused-ring (bicyclic) bond motifs is 9. The Kier molecular flexibility index (Phi) is 6.40. The van der Waals surface area contributed by atoms with Crippen molar-refractivity contribution in [2.75, 3.05) is 0 Å². The van der Waals surface area contributed by atoms with E-state index >= 15 is 0 Å². The molecular formula is C47H30N2O. The summed E-state index contributed by atoms with van der Waals surface area (Å²) in [5, 5.41) is 0. The third-order valence-electron chi connectivity index (χ3n) is 10.2. The molecule has 7 aromatic carbocycles. The molecule has 234 valence electrons. The Morgan fingerprint density at radius 2 is 0.840 bits per heavy atom. The maximum absolute atomic E-state index is 6.78. The zero-order chi connectivity index (χ0) is 33.1. The second kappa shape index (κ2) is 11.3. The zero-order valence-corrected chi connectivity index (χ0v) is 27.1. The van der Waals surface area contributed by atoms with Crippen molar-refractivity contribution in [3.8, 4) is 67.7 Å². The first kappa shape index (κ1) is 28.4. The molecule has 0 amide bonds. The van der Waals surface area contributed by atoms with E-state index in [1.165, 1.54) is 22.3 Å². The summed E-state index contributed by atoms with van der Waals surface area (Å²) >= 11 is 0. The van der Waals surface area contributed by atoms with Crippen LogP contribution in [0.1, 0.15) is 22.3 Å². The molecule has 1 spiro atoms. The normalized spacial score (nSPS) is 13.1. The van der Waals surface area contributed by atoms with Gasteiger partial charge in [0.15, 0.2) is 5.82 Å². The van der Waals surface area contributed by atoms with Gasteiger partial charge in [0, 0.05) is 27.8 Å². The van der Waals surface area contributed by atoms with E-state index in [9.17, 15) is 0 Å². The number of hydrogen-bond donors (Lipinski definition) is 0. The van der Waals surface area contributed by atoms with Crippen molar-refractivity contribution >= 4 is 0 Å². The number of benzene rings is 7. The van der Waals surface area contributed by atoms with Gasteiger partial charge in [-0.2, -0.15) is 0 Å². The quantitative estimate of drug-likeness (QED) is 0.192. The summed E-state index contributed by atoms with van der Waals surface area (Å²) in [7, 11) is 0. The first-order chi connectivity index (χ1) is 24.8. The Bertz CT molecular complexity index is 2470. The predicted molar refractivity (Wildman–Crippen MR) is 201 cm³/mol. The monoisotopic (exact) mass is 638 g/mol. The summed E-state index contributed by atoms with van der Waals surface area (Å²) in [6.07, 6.45) is 0. The molecule has 1 aromatic heterocycles. The zero-order valence-electron chi connectivity index (χ0n) is 27.1. The molecular weight excluding hydrogens is 609 g/mol. The van der Waals surface area contributed by atoms with E-state index in [1.54, 1.807) is 0 Å². The summed E-state index contributed by atoms with van der Waals surface area (Å²) in [5.74, 6) is 2.44. The van der Waals surface area contributed by atoms with Gasteiger partial charge in [-0.3, -0.25) is 0 Å². The van der Waals surface area contributed by atoms with Crippen molar-refractivity contribution in [1.82, 2.24) is 9.97 Å². The molecule has 1 aliphatic carbocycles. The fourth-order valence-corrected chi connectivity index (χ4v) is 8.07. The highest BCUT2D eigenvalue weighted by Gasteiger charge is 2.52. The number of para-hydroxylation sites is 1. The van der Waals surface area contributed by atoms with Gasteiger partial charge in [0.05, 0.1) is 16.8 Å². The minimum atomic E-state index is -0.561. The van der Waals surface area contributed by atoms with Crippen molar-refractivity contribution in [2.24, 2.45) is 0 Å². The van der Waals surface area contributed by atoms with Gasteiger partial charge >= 0.3 is 0 Å². The lowest BCUT2D eigenvalue weighted by atomic mass is 9.64. The SMILES string of the molecule is c1ccc(-c2cc(-c3ccccc3)nc(-c3cccc(-c4cccc5c4C4(c6ccccc6O5)c5ccccc5-c5ccccc54)c3)n2)cc1. The topological polar surface area (TPSA) is 35.0 Å². The molecule has 0 radical (unpaired) electrons. The molecule has 10 rings (SSSR count). The highest BCUT2D eigenvalue weighted by molar-refractivity contribution is 5.92. The van der Waals surface area contributed by atoms with Gasteiger partial charge in [-0.25, -0.2) is 9.97 Å². The molecule has 0 fully saturated rings. The van der Waals surface area contributed by atoms with Gasteiger partial charge in [-0.1, -0.05) is 158 Å². The van der Waals surface area contributed by atoms with Crippen LogP contribution in [-0.2, 0) is 5.41 Å². The molecule has 2 aliphatic rings. The van der Waals surface area contributed by atoms with Gasteiger partial charge in [0.2, 0.25) is 0 Å². The Morgan fingerprint density at radius 3 is 1.50 bits per heavy atom. The fraction of sp³-hybridized carbons (Fsp3) is 0.0213. The number of nitrogens with zero attached hydrogens (tertiary/aromatic N) is 2. The van der Waals surface area contributed by atoms with E-state index in [1.807, 2.05) is 36.4 Å². The van der Waals surface area contributed by atoms with Crippen LogP contribution in [0.25, 0.3) is 56.2 Å². The molecule has 0 saturated heterocycles. The van der Waals surface area contributed by atoms with E-state index in [-0.39, 0.29) is 0 Å². The molecule has 0 saturated carbocycles. The third-order valence-corrected chi connectivity index (χ3v) is 10.2. The molecule has 0 N–H and O–H groups in total. The van der Waals surface area contributed by atoms with E-state index < -0.39 is 5.41 Å². The maximum Gasteiger partial charge on any atom is 0.160 e. The Balaban J connectivity index is 1.21. The third kappa shape index (κ3) is 4.23. The minimum absolute atomic E-state index is 0.561. The number of rotatable bonds is 4. The lowest BCUT2D eigenvalue weighted by Gasteiger charge is -2.40. The summed E-state index contributed by atoms with van der Waals surface area (Å²) < 4.78 is 6.78. The highest BCUT2D eigenvalue weighted by atomic mass is 16.5. The van der Waals surface area contributed by atoms with Crippen molar-refractivity contribution in [3.05, 3.63) is 204 Å². The largest absolute Gasteiger partial charge is 0.457 e. The van der Waals surface area contributed by atoms with Crippen LogP contribution in [0, 0.1) is 0 Å². The second-order valence-electron chi connectivity index (χ2n) is 12.9. The van der Waals surface area contributed by atoms with Crippen molar-refractivity contribution in [3.63, 3.8) is 0 Å². The molecule has 50 heavy (non-hydrogen) atoms. The molecule has 8 aromatic rings. The first-order valence-corrected chi connectivity index (χ1v) is 17.0. The molecule has 0 bridgehead atoms. The summed E-state index contributed by atoms with van der Waals surface area (Å²) in [5.41, 5.74) is 13.8. The van der Waals surface area contributed by atoms with Crippen molar-refractivity contribution in [1.29, 1.82) is 0 Å². The van der Waals surface area contributed by atoms with Gasteiger partial charge < -0.3 is 4.74 Å². The van der Waals surface area contributed by atoms with E-state index in [2.05, 4.69) is 146 Å². The smallest absolute Gasteiger partial charge is 0.160 e. The lowest BCUT2D eigenvalue weighted by molar-refractivity contribution is 0.437. The molecule has 1 aliphatic heterocycles. The van der Waals surface area contributed by atoms with E-state index in [0.717, 1.165) is 61.8 Å². The van der Waals surface area contributed by atoms with Crippen LogP contribution in [0.15, 0.2) is 182 Å². The van der Waals surface area contributed by atoms with Crippen LogP contribution in [-0.4, -0.2) is 9.97 Å². The molecule has 0 unspecified atom stereocenters. The standard InChI is InChI=1S/C47H30N2O/c1-3-15-31(16-4-1)41-30-42(32-17-5-2-6-18-32)49-46(48-41)34-20-13-19-33(29-34)35-23-14-28-44-45(35)47(40-26-11-12-27-43(40)50-44)38-24-9-7-21-36(38)37-22-8-10-25-39(37)47/h1-30H. The van der Waals surface area contributed by atoms with Crippen LogP contribution >= 0.6 is 0 Å². The average Bonchev–Trinajstić information content (AvgIpc) is 3.49. The molecule has 3 nitrogen and oxygen atoms in total. The van der Waals surface area contributed by atoms with Crippen LogP contribution in [0.3, 0.4) is 0 Å². The van der Waals surface area contributed by atoms with Gasteiger partial charge in [-0.05, 0) is 57.6 Å². The predicted octanol–water partition coefficient (Wildman–Crippen LogP) is 11.6. The molecule has 3 heteroatoms. The molecule has 2 heterocycles. The Morgan fingerprint density at radius 1 is 0.360 bits per heavy atom.